The van der Waals surface area contributed by atoms with Crippen molar-refractivity contribution in [3.63, 3.8) is 0 Å². The Morgan fingerprint density at radius 3 is 2.22 bits per heavy atom. The van der Waals surface area contributed by atoms with Crippen LogP contribution in [0.2, 0.25) is 0 Å². The third kappa shape index (κ3) is 2.93. The monoisotopic (exact) mass is 244 g/mol. The average molecular weight is 244 g/mol. The van der Waals surface area contributed by atoms with Crippen molar-refractivity contribution in [3.8, 4) is 6.07 Å². The maximum absolute atomic E-state index is 8.67. The van der Waals surface area contributed by atoms with Gasteiger partial charge in [-0.05, 0) is 24.3 Å². The van der Waals surface area contributed by atoms with Gasteiger partial charge < -0.3 is 9.80 Å². The second kappa shape index (κ2) is 5.74. The van der Waals surface area contributed by atoms with E-state index in [1.54, 1.807) is 0 Å². The molecule has 0 amide bonds. The van der Waals surface area contributed by atoms with Crippen molar-refractivity contribution in [1.29, 1.82) is 5.26 Å². The summed E-state index contributed by atoms with van der Waals surface area (Å²) in [5.41, 5.74) is 2.50. The van der Waals surface area contributed by atoms with E-state index < -0.39 is 0 Å². The summed E-state index contributed by atoms with van der Waals surface area (Å²) < 4.78 is 0. The zero-order valence-corrected chi connectivity index (χ0v) is 11.1. The first kappa shape index (κ1) is 12.7. The molecule has 1 aromatic carbocycles. The first-order valence-corrected chi connectivity index (χ1v) is 6.32. The Bertz CT molecular complexity index is 410. The first-order valence-electron chi connectivity index (χ1n) is 6.32. The van der Waals surface area contributed by atoms with Crippen LogP contribution in [0.5, 0.6) is 0 Å². The predicted octanol–water partition coefficient (Wildman–Crippen LogP) is 1.40. The molecule has 1 aliphatic rings. The van der Waals surface area contributed by atoms with E-state index in [1.165, 1.54) is 11.4 Å². The molecule has 1 aliphatic heterocycles. The SMILES string of the molecule is CN(C)c1ccc(N2CCN(CC#N)CC2)cc1. The highest BCUT2D eigenvalue weighted by atomic mass is 15.3. The topological polar surface area (TPSA) is 33.5 Å². The summed E-state index contributed by atoms with van der Waals surface area (Å²) in [4.78, 5) is 6.69. The van der Waals surface area contributed by atoms with E-state index in [9.17, 15) is 0 Å². The van der Waals surface area contributed by atoms with Gasteiger partial charge in [0.05, 0.1) is 12.6 Å². The molecule has 0 N–H and O–H groups in total. The molecule has 0 spiro atoms. The highest BCUT2D eigenvalue weighted by Crippen LogP contribution is 2.20. The lowest BCUT2D eigenvalue weighted by molar-refractivity contribution is 0.287. The van der Waals surface area contributed by atoms with Gasteiger partial charge in [-0.2, -0.15) is 5.26 Å². The molecule has 1 saturated heterocycles. The summed E-state index contributed by atoms with van der Waals surface area (Å²) in [6, 6.07) is 10.9. The maximum atomic E-state index is 8.67. The minimum absolute atomic E-state index is 0.549. The molecule has 96 valence electrons. The number of nitriles is 1. The van der Waals surface area contributed by atoms with Crippen LogP contribution in [0.25, 0.3) is 0 Å². The number of piperazine rings is 1. The lowest BCUT2D eigenvalue weighted by atomic mass is 10.2. The van der Waals surface area contributed by atoms with E-state index in [1.807, 2.05) is 0 Å². The number of rotatable bonds is 3. The molecule has 4 heteroatoms. The van der Waals surface area contributed by atoms with E-state index in [-0.39, 0.29) is 0 Å². The van der Waals surface area contributed by atoms with Gasteiger partial charge in [0.2, 0.25) is 0 Å². The van der Waals surface area contributed by atoms with Crippen LogP contribution in [-0.4, -0.2) is 51.7 Å². The van der Waals surface area contributed by atoms with Gasteiger partial charge >= 0.3 is 0 Å². The number of anilines is 2. The van der Waals surface area contributed by atoms with Gasteiger partial charge in [0.25, 0.3) is 0 Å². The van der Waals surface area contributed by atoms with Gasteiger partial charge in [-0.15, -0.1) is 0 Å². The molecule has 1 fully saturated rings. The molecule has 0 atom stereocenters. The van der Waals surface area contributed by atoms with Gasteiger partial charge in [-0.3, -0.25) is 4.90 Å². The smallest absolute Gasteiger partial charge is 0.0867 e. The lowest BCUT2D eigenvalue weighted by Gasteiger charge is -2.35. The van der Waals surface area contributed by atoms with Crippen molar-refractivity contribution >= 4 is 11.4 Å². The van der Waals surface area contributed by atoms with Crippen molar-refractivity contribution in [3.05, 3.63) is 24.3 Å². The van der Waals surface area contributed by atoms with Gasteiger partial charge in [0, 0.05) is 51.6 Å². The molecule has 0 bridgehead atoms. The molecular weight excluding hydrogens is 224 g/mol. The zero-order chi connectivity index (χ0) is 13.0. The Hall–Kier alpha value is -1.73. The summed E-state index contributed by atoms with van der Waals surface area (Å²) in [6.45, 7) is 4.51. The van der Waals surface area contributed by atoms with Crippen molar-refractivity contribution in [2.24, 2.45) is 0 Å². The highest BCUT2D eigenvalue weighted by Gasteiger charge is 2.16. The fourth-order valence-electron chi connectivity index (χ4n) is 2.23. The molecular formula is C14H20N4. The Labute approximate surface area is 109 Å². The van der Waals surface area contributed by atoms with Gasteiger partial charge in [-0.25, -0.2) is 0 Å². The average Bonchev–Trinajstić information content (AvgIpc) is 2.40. The molecule has 0 radical (unpaired) electrons. The first-order chi connectivity index (χ1) is 8.70. The molecule has 2 rings (SSSR count). The summed E-state index contributed by atoms with van der Waals surface area (Å²) >= 11 is 0. The normalized spacial score (nSPS) is 16.4. The van der Waals surface area contributed by atoms with Crippen LogP contribution in [-0.2, 0) is 0 Å². The highest BCUT2D eigenvalue weighted by molar-refractivity contribution is 5.56. The molecule has 0 saturated carbocycles. The van der Waals surface area contributed by atoms with Gasteiger partial charge in [-0.1, -0.05) is 0 Å². The minimum Gasteiger partial charge on any atom is -0.378 e. The van der Waals surface area contributed by atoms with Crippen LogP contribution in [0.1, 0.15) is 0 Å². The largest absolute Gasteiger partial charge is 0.378 e. The molecule has 1 aromatic rings. The molecule has 0 unspecified atom stereocenters. The fourth-order valence-corrected chi connectivity index (χ4v) is 2.23. The quantitative estimate of drug-likeness (QED) is 0.753. The molecule has 0 aliphatic carbocycles. The zero-order valence-electron chi connectivity index (χ0n) is 11.1. The predicted molar refractivity (Wildman–Crippen MR) is 75.0 cm³/mol. The Morgan fingerprint density at radius 2 is 1.72 bits per heavy atom. The number of benzene rings is 1. The van der Waals surface area contributed by atoms with Crippen molar-refractivity contribution in [1.82, 2.24) is 4.90 Å². The van der Waals surface area contributed by atoms with Crippen LogP contribution in [0.3, 0.4) is 0 Å². The number of nitrogens with zero attached hydrogens (tertiary/aromatic N) is 4. The fraction of sp³-hybridized carbons (Fsp3) is 0.500. The van der Waals surface area contributed by atoms with Crippen LogP contribution in [0.15, 0.2) is 24.3 Å². The molecule has 4 nitrogen and oxygen atoms in total. The van der Waals surface area contributed by atoms with Crippen molar-refractivity contribution < 1.29 is 0 Å². The summed E-state index contributed by atoms with van der Waals surface area (Å²) in [6.07, 6.45) is 0. The Balaban J connectivity index is 1.95. The number of hydrogen-bond acceptors (Lipinski definition) is 4. The third-order valence-electron chi connectivity index (χ3n) is 3.40. The molecule has 18 heavy (non-hydrogen) atoms. The van der Waals surface area contributed by atoms with Crippen LogP contribution in [0, 0.1) is 11.3 Å². The van der Waals surface area contributed by atoms with Crippen molar-refractivity contribution in [2.75, 3.05) is 56.6 Å². The second-order valence-corrected chi connectivity index (χ2v) is 4.83. The van der Waals surface area contributed by atoms with Gasteiger partial charge in [0.15, 0.2) is 0 Å². The van der Waals surface area contributed by atoms with E-state index in [0.717, 1.165) is 26.2 Å². The second-order valence-electron chi connectivity index (χ2n) is 4.83. The summed E-state index contributed by atoms with van der Waals surface area (Å²) in [5, 5.41) is 8.67. The maximum Gasteiger partial charge on any atom is 0.0867 e. The van der Waals surface area contributed by atoms with E-state index in [4.69, 9.17) is 5.26 Å². The van der Waals surface area contributed by atoms with Gasteiger partial charge in [0.1, 0.15) is 0 Å². The summed E-state index contributed by atoms with van der Waals surface area (Å²) in [5.74, 6) is 0. The Morgan fingerprint density at radius 1 is 1.11 bits per heavy atom. The standard InChI is InChI=1S/C14H20N4/c1-16(2)13-3-5-14(6-4-13)18-11-9-17(8-7-15)10-12-18/h3-6H,8-12H2,1-2H3. The van der Waals surface area contributed by atoms with Crippen LogP contribution >= 0.6 is 0 Å². The van der Waals surface area contributed by atoms with Crippen molar-refractivity contribution in [2.45, 2.75) is 0 Å². The minimum atomic E-state index is 0.549. The van der Waals surface area contributed by atoms with Crippen LogP contribution < -0.4 is 9.80 Å². The lowest BCUT2D eigenvalue weighted by Crippen LogP contribution is -2.46. The molecule has 1 heterocycles. The van der Waals surface area contributed by atoms with Crippen LogP contribution in [0.4, 0.5) is 11.4 Å². The Kier molecular flexibility index (Phi) is 4.06. The summed E-state index contributed by atoms with van der Waals surface area (Å²) in [7, 11) is 4.10. The van der Waals surface area contributed by atoms with E-state index in [2.05, 4.69) is 59.1 Å². The number of hydrogen-bond donors (Lipinski definition) is 0. The third-order valence-corrected chi connectivity index (χ3v) is 3.40. The van der Waals surface area contributed by atoms with E-state index >= 15 is 0 Å². The molecule has 0 aromatic heterocycles. The van der Waals surface area contributed by atoms with E-state index in [0.29, 0.717) is 6.54 Å².